The van der Waals surface area contributed by atoms with Crippen molar-refractivity contribution in [3.63, 3.8) is 0 Å². The summed E-state index contributed by atoms with van der Waals surface area (Å²) < 4.78 is 2.00. The molecule has 3 heteroatoms. The Balaban J connectivity index is 2.26. The molecule has 15 heavy (non-hydrogen) atoms. The lowest BCUT2D eigenvalue weighted by atomic mass is 9.79. The summed E-state index contributed by atoms with van der Waals surface area (Å²) in [5, 5.41) is 4.52. The van der Waals surface area contributed by atoms with Gasteiger partial charge in [0, 0.05) is 25.0 Å². The Morgan fingerprint density at radius 1 is 1.40 bits per heavy atom. The number of carbonyl (C=O) groups excluding carboxylic acids is 1. The predicted molar refractivity (Wildman–Crippen MR) is 58.9 cm³/mol. The van der Waals surface area contributed by atoms with Gasteiger partial charge in [0.15, 0.2) is 0 Å². The van der Waals surface area contributed by atoms with Crippen molar-refractivity contribution >= 4 is 5.78 Å². The summed E-state index contributed by atoms with van der Waals surface area (Å²) in [6.45, 7) is 8.43. The zero-order valence-electron chi connectivity index (χ0n) is 9.87. The van der Waals surface area contributed by atoms with Gasteiger partial charge in [0.25, 0.3) is 0 Å². The molecule has 0 saturated heterocycles. The number of aryl methyl sites for hydroxylation is 1. The minimum absolute atomic E-state index is 0.0246. The van der Waals surface area contributed by atoms with Crippen LogP contribution in [0.5, 0.6) is 0 Å². The molecule has 1 fully saturated rings. The fourth-order valence-corrected chi connectivity index (χ4v) is 1.93. The average molecular weight is 206 g/mol. The van der Waals surface area contributed by atoms with Crippen molar-refractivity contribution in [2.24, 2.45) is 0 Å². The molecule has 1 heterocycles. The zero-order chi connectivity index (χ0) is 11.2. The van der Waals surface area contributed by atoms with Crippen molar-refractivity contribution in [3.05, 3.63) is 17.5 Å². The first-order valence-corrected chi connectivity index (χ1v) is 5.46. The molecule has 0 bridgehead atoms. The van der Waals surface area contributed by atoms with Gasteiger partial charge in [-0.1, -0.05) is 0 Å². The Morgan fingerprint density at radius 2 is 2.00 bits per heavy atom. The smallest absolute Gasteiger partial charge is 0.134 e. The third kappa shape index (κ3) is 1.83. The third-order valence-electron chi connectivity index (χ3n) is 3.01. The lowest BCUT2D eigenvalue weighted by Gasteiger charge is -2.23. The lowest BCUT2D eigenvalue weighted by molar-refractivity contribution is -0.124. The summed E-state index contributed by atoms with van der Waals surface area (Å²) in [4.78, 5) is 11.0. The number of rotatable bonds is 1. The fourth-order valence-electron chi connectivity index (χ4n) is 1.93. The van der Waals surface area contributed by atoms with Gasteiger partial charge in [0.1, 0.15) is 5.78 Å². The molecule has 0 aliphatic heterocycles. The molecule has 0 N–H and O–H groups in total. The van der Waals surface area contributed by atoms with Gasteiger partial charge in [-0.25, -0.2) is 0 Å². The van der Waals surface area contributed by atoms with E-state index in [4.69, 9.17) is 0 Å². The lowest BCUT2D eigenvalue weighted by Crippen LogP contribution is -2.23. The third-order valence-corrected chi connectivity index (χ3v) is 3.01. The maximum Gasteiger partial charge on any atom is 0.134 e. The summed E-state index contributed by atoms with van der Waals surface area (Å²) in [6, 6.07) is 0. The average Bonchev–Trinajstić information content (AvgIpc) is 2.41. The van der Waals surface area contributed by atoms with Crippen molar-refractivity contribution in [3.8, 4) is 0 Å². The predicted octanol–water partition coefficient (Wildman–Crippen LogP) is 2.39. The topological polar surface area (TPSA) is 34.9 Å². The van der Waals surface area contributed by atoms with Crippen LogP contribution in [0.15, 0.2) is 6.20 Å². The molecular formula is C12H18N2O. The minimum atomic E-state index is 0.0246. The van der Waals surface area contributed by atoms with Crippen LogP contribution in [-0.2, 0) is 10.3 Å². The van der Waals surface area contributed by atoms with E-state index >= 15 is 0 Å². The number of Topliss-reactive ketones (excluding diaryl/α,β-unsaturated/α-hetero) is 1. The summed E-state index contributed by atoms with van der Waals surface area (Å²) >= 11 is 0. The highest BCUT2D eigenvalue weighted by molar-refractivity contribution is 5.86. The first-order valence-electron chi connectivity index (χ1n) is 5.46. The Hall–Kier alpha value is -1.12. The quantitative estimate of drug-likeness (QED) is 0.707. The maximum atomic E-state index is 11.0. The van der Waals surface area contributed by atoms with E-state index < -0.39 is 0 Å². The molecule has 1 aliphatic carbocycles. The highest BCUT2D eigenvalue weighted by Gasteiger charge is 2.31. The van der Waals surface area contributed by atoms with Crippen LogP contribution < -0.4 is 0 Å². The van der Waals surface area contributed by atoms with Crippen LogP contribution in [0.2, 0.25) is 0 Å². The number of ketones is 1. The van der Waals surface area contributed by atoms with Crippen LogP contribution in [0.1, 0.15) is 50.8 Å². The van der Waals surface area contributed by atoms with Gasteiger partial charge in [-0.2, -0.15) is 5.10 Å². The van der Waals surface area contributed by atoms with Crippen LogP contribution in [0.3, 0.4) is 0 Å². The second-order valence-electron chi connectivity index (χ2n) is 5.43. The summed E-state index contributed by atoms with van der Waals surface area (Å²) in [7, 11) is 0. The van der Waals surface area contributed by atoms with Gasteiger partial charge in [-0.15, -0.1) is 0 Å². The van der Waals surface area contributed by atoms with Gasteiger partial charge in [-0.05, 0) is 33.3 Å². The molecule has 1 saturated carbocycles. The standard InChI is InChI=1S/C12H18N2O/c1-8-11(9-5-10(15)6-9)7-14(13-8)12(2,3)4/h7,9H,5-6H2,1-4H3. The Morgan fingerprint density at radius 3 is 2.40 bits per heavy atom. The summed E-state index contributed by atoms with van der Waals surface area (Å²) in [6.07, 6.45) is 3.51. The highest BCUT2D eigenvalue weighted by Crippen LogP contribution is 2.35. The van der Waals surface area contributed by atoms with E-state index in [0.29, 0.717) is 24.5 Å². The molecule has 0 aromatic carbocycles. The Bertz CT molecular complexity index is 390. The normalized spacial score (nSPS) is 18.0. The molecule has 3 nitrogen and oxygen atoms in total. The first kappa shape index (κ1) is 10.4. The second-order valence-corrected chi connectivity index (χ2v) is 5.43. The molecule has 0 spiro atoms. The SMILES string of the molecule is Cc1nn(C(C)(C)C)cc1C1CC(=O)C1. The van der Waals surface area contributed by atoms with Crippen molar-refractivity contribution in [2.75, 3.05) is 0 Å². The first-order chi connectivity index (χ1) is 6.88. The van der Waals surface area contributed by atoms with Crippen LogP contribution in [-0.4, -0.2) is 15.6 Å². The number of hydrogen-bond donors (Lipinski definition) is 0. The molecule has 2 rings (SSSR count). The number of nitrogens with zero attached hydrogens (tertiary/aromatic N) is 2. The van der Waals surface area contributed by atoms with Gasteiger partial charge < -0.3 is 0 Å². The molecule has 0 radical (unpaired) electrons. The molecule has 0 unspecified atom stereocenters. The van der Waals surface area contributed by atoms with Crippen LogP contribution >= 0.6 is 0 Å². The van der Waals surface area contributed by atoms with Gasteiger partial charge in [-0.3, -0.25) is 9.48 Å². The highest BCUT2D eigenvalue weighted by atomic mass is 16.1. The molecular weight excluding hydrogens is 188 g/mol. The van der Waals surface area contributed by atoms with Crippen molar-refractivity contribution in [1.82, 2.24) is 9.78 Å². The molecule has 1 aromatic rings. The van der Waals surface area contributed by atoms with E-state index in [9.17, 15) is 4.79 Å². The maximum absolute atomic E-state index is 11.0. The largest absolute Gasteiger partial charge is 0.300 e. The van der Waals surface area contributed by atoms with E-state index in [1.165, 1.54) is 5.56 Å². The van der Waals surface area contributed by atoms with Crippen molar-refractivity contribution in [1.29, 1.82) is 0 Å². The number of aromatic nitrogens is 2. The van der Waals surface area contributed by atoms with Gasteiger partial charge in [0.2, 0.25) is 0 Å². The fraction of sp³-hybridized carbons (Fsp3) is 0.667. The van der Waals surface area contributed by atoms with Crippen LogP contribution in [0.4, 0.5) is 0 Å². The second kappa shape index (κ2) is 3.19. The van der Waals surface area contributed by atoms with Crippen molar-refractivity contribution < 1.29 is 4.79 Å². The van der Waals surface area contributed by atoms with E-state index in [2.05, 4.69) is 32.1 Å². The van der Waals surface area contributed by atoms with Gasteiger partial charge in [0.05, 0.1) is 11.2 Å². The molecule has 82 valence electrons. The Labute approximate surface area is 90.5 Å². The monoisotopic (exact) mass is 206 g/mol. The van der Waals surface area contributed by atoms with E-state index in [-0.39, 0.29) is 5.54 Å². The number of hydrogen-bond acceptors (Lipinski definition) is 2. The summed E-state index contributed by atoms with van der Waals surface area (Å²) in [5.74, 6) is 0.802. The van der Waals surface area contributed by atoms with Gasteiger partial charge >= 0.3 is 0 Å². The van der Waals surface area contributed by atoms with E-state index in [1.807, 2.05) is 11.6 Å². The molecule has 0 atom stereocenters. The Kier molecular flexibility index (Phi) is 2.21. The number of carbonyl (C=O) groups is 1. The van der Waals surface area contributed by atoms with Crippen LogP contribution in [0.25, 0.3) is 0 Å². The van der Waals surface area contributed by atoms with E-state index in [1.54, 1.807) is 0 Å². The zero-order valence-corrected chi connectivity index (χ0v) is 9.87. The van der Waals surface area contributed by atoms with E-state index in [0.717, 1.165) is 5.69 Å². The van der Waals surface area contributed by atoms with Crippen molar-refractivity contribution in [2.45, 2.75) is 52.0 Å². The molecule has 0 amide bonds. The molecule has 1 aromatic heterocycles. The summed E-state index contributed by atoms with van der Waals surface area (Å²) in [5.41, 5.74) is 2.35. The molecule has 1 aliphatic rings. The van der Waals surface area contributed by atoms with Crippen LogP contribution in [0, 0.1) is 6.92 Å². The minimum Gasteiger partial charge on any atom is -0.300 e.